The average Bonchev–Trinajstić information content (AvgIpc) is 2.23. The summed E-state index contributed by atoms with van der Waals surface area (Å²) in [5.74, 6) is -0.571. The van der Waals surface area contributed by atoms with Crippen LogP contribution < -0.4 is 5.32 Å². The Balaban J connectivity index is 2.49. The smallest absolute Gasteiger partial charge is 0.322 e. The number of hydrogen-bond donors (Lipinski definition) is 1. The molecule has 1 aromatic carbocycles. The maximum atomic E-state index is 10.7. The van der Waals surface area contributed by atoms with Crippen molar-refractivity contribution < 1.29 is 4.79 Å². The molecule has 0 bridgehead atoms. The molecule has 0 spiro atoms. The van der Waals surface area contributed by atoms with E-state index >= 15 is 0 Å². The van der Waals surface area contributed by atoms with E-state index in [0.29, 0.717) is 6.54 Å². The largest absolute Gasteiger partial charge is 0.343 e. The van der Waals surface area contributed by atoms with Crippen molar-refractivity contribution in [1.29, 1.82) is 5.26 Å². The third-order valence-corrected chi connectivity index (χ3v) is 2.37. The van der Waals surface area contributed by atoms with E-state index in [9.17, 15) is 4.79 Å². The van der Waals surface area contributed by atoms with Gasteiger partial charge in [0.1, 0.15) is 0 Å². The molecular weight excluding hydrogens is 188 g/mol. The van der Waals surface area contributed by atoms with Crippen LogP contribution in [0.3, 0.4) is 0 Å². The lowest BCUT2D eigenvalue weighted by Gasteiger charge is -2.05. The number of benzene rings is 1. The van der Waals surface area contributed by atoms with Crippen molar-refractivity contribution in [2.24, 2.45) is 0 Å². The Labute approximate surface area is 89.7 Å². The summed E-state index contributed by atoms with van der Waals surface area (Å²) >= 11 is 0. The number of nitriles is 1. The summed E-state index contributed by atoms with van der Waals surface area (Å²) in [5.41, 5.74) is 3.69. The minimum Gasteiger partial charge on any atom is -0.343 e. The van der Waals surface area contributed by atoms with Crippen LogP contribution in [0.25, 0.3) is 0 Å². The van der Waals surface area contributed by atoms with E-state index in [1.54, 1.807) is 0 Å². The molecule has 3 nitrogen and oxygen atoms in total. The fourth-order valence-corrected chi connectivity index (χ4v) is 1.32. The van der Waals surface area contributed by atoms with Crippen LogP contribution in [0.15, 0.2) is 18.2 Å². The highest BCUT2D eigenvalue weighted by molar-refractivity contribution is 5.91. The van der Waals surface area contributed by atoms with Gasteiger partial charge in [-0.2, -0.15) is 5.26 Å². The molecule has 1 N–H and O–H groups in total. The van der Waals surface area contributed by atoms with Gasteiger partial charge in [-0.15, -0.1) is 0 Å². The molecule has 0 aliphatic rings. The summed E-state index contributed by atoms with van der Waals surface area (Å²) in [6.07, 6.45) is 0.758. The third-order valence-electron chi connectivity index (χ3n) is 2.37. The normalized spacial score (nSPS) is 9.40. The van der Waals surface area contributed by atoms with Gasteiger partial charge in [-0.05, 0) is 37.0 Å². The van der Waals surface area contributed by atoms with Crippen LogP contribution in [0.1, 0.15) is 16.7 Å². The number of nitrogens with zero attached hydrogens (tertiary/aromatic N) is 1. The Bertz CT molecular complexity index is 405. The lowest BCUT2D eigenvalue weighted by molar-refractivity contribution is -0.115. The van der Waals surface area contributed by atoms with Gasteiger partial charge in [0, 0.05) is 6.54 Å². The summed E-state index contributed by atoms with van der Waals surface area (Å²) < 4.78 is 0. The van der Waals surface area contributed by atoms with E-state index in [1.165, 1.54) is 22.8 Å². The molecule has 15 heavy (non-hydrogen) atoms. The molecule has 0 unspecified atom stereocenters. The van der Waals surface area contributed by atoms with Crippen LogP contribution in [-0.2, 0) is 11.2 Å². The van der Waals surface area contributed by atoms with E-state index in [0.717, 1.165) is 6.42 Å². The van der Waals surface area contributed by atoms with Crippen molar-refractivity contribution >= 4 is 5.91 Å². The molecule has 0 atom stereocenters. The van der Waals surface area contributed by atoms with Gasteiger partial charge in [0.15, 0.2) is 6.07 Å². The summed E-state index contributed by atoms with van der Waals surface area (Å²) in [5, 5.41) is 10.8. The Hall–Kier alpha value is -1.82. The Morgan fingerprint density at radius 1 is 1.40 bits per heavy atom. The fourth-order valence-electron chi connectivity index (χ4n) is 1.32. The van der Waals surface area contributed by atoms with Gasteiger partial charge < -0.3 is 5.32 Å². The molecule has 0 saturated carbocycles. The summed E-state index contributed by atoms with van der Waals surface area (Å²) in [7, 11) is 0. The standard InChI is InChI=1S/C12H14N2O/c1-9-3-4-11(7-10(9)2)5-6-14-12(15)8-13/h3-4,7H,5-6H2,1-2H3,(H,14,15). The summed E-state index contributed by atoms with van der Waals surface area (Å²) in [6.45, 7) is 4.64. The van der Waals surface area contributed by atoms with E-state index < -0.39 is 5.91 Å². The number of aryl methyl sites for hydroxylation is 2. The molecule has 0 fully saturated rings. The van der Waals surface area contributed by atoms with Crippen LogP contribution in [0.5, 0.6) is 0 Å². The Morgan fingerprint density at radius 2 is 2.13 bits per heavy atom. The number of nitrogens with one attached hydrogen (secondary N) is 1. The number of hydrogen-bond acceptors (Lipinski definition) is 2. The van der Waals surface area contributed by atoms with Crippen LogP contribution in [0.2, 0.25) is 0 Å². The lowest BCUT2D eigenvalue weighted by atomic mass is 10.0. The second-order valence-corrected chi connectivity index (χ2v) is 3.54. The second kappa shape index (κ2) is 5.16. The molecular formula is C12H14N2O. The number of rotatable bonds is 3. The van der Waals surface area contributed by atoms with E-state index in [2.05, 4.69) is 31.3 Å². The van der Waals surface area contributed by atoms with Crippen LogP contribution in [0, 0.1) is 25.2 Å². The summed E-state index contributed by atoms with van der Waals surface area (Å²) in [4.78, 5) is 10.7. The van der Waals surface area contributed by atoms with E-state index in [-0.39, 0.29) is 0 Å². The highest BCUT2D eigenvalue weighted by Crippen LogP contribution is 2.09. The molecule has 1 amide bonds. The van der Waals surface area contributed by atoms with Crippen molar-refractivity contribution in [2.75, 3.05) is 6.54 Å². The Kier molecular flexibility index (Phi) is 3.87. The molecule has 0 heterocycles. The van der Waals surface area contributed by atoms with Crippen molar-refractivity contribution in [2.45, 2.75) is 20.3 Å². The van der Waals surface area contributed by atoms with Crippen LogP contribution in [0.4, 0.5) is 0 Å². The first kappa shape index (κ1) is 11.3. The fraction of sp³-hybridized carbons (Fsp3) is 0.333. The quantitative estimate of drug-likeness (QED) is 0.755. The maximum Gasteiger partial charge on any atom is 0.322 e. The molecule has 1 rings (SSSR count). The van der Waals surface area contributed by atoms with E-state index in [1.807, 2.05) is 6.07 Å². The number of carbonyl (C=O) groups is 1. The molecule has 0 aromatic heterocycles. The first-order valence-corrected chi connectivity index (χ1v) is 4.87. The molecule has 0 aliphatic heterocycles. The molecule has 0 radical (unpaired) electrons. The highest BCUT2D eigenvalue weighted by Gasteiger charge is 1.99. The zero-order valence-corrected chi connectivity index (χ0v) is 9.00. The second-order valence-electron chi connectivity index (χ2n) is 3.54. The molecule has 0 aliphatic carbocycles. The van der Waals surface area contributed by atoms with Gasteiger partial charge in [0.05, 0.1) is 0 Å². The predicted molar refractivity (Wildman–Crippen MR) is 58.2 cm³/mol. The lowest BCUT2D eigenvalue weighted by Crippen LogP contribution is -2.23. The van der Waals surface area contributed by atoms with Crippen molar-refractivity contribution in [3.63, 3.8) is 0 Å². The van der Waals surface area contributed by atoms with Crippen LogP contribution in [-0.4, -0.2) is 12.5 Å². The van der Waals surface area contributed by atoms with Crippen molar-refractivity contribution in [1.82, 2.24) is 5.32 Å². The molecule has 3 heteroatoms. The van der Waals surface area contributed by atoms with Crippen molar-refractivity contribution in [3.05, 3.63) is 34.9 Å². The zero-order chi connectivity index (χ0) is 11.3. The number of carbonyl (C=O) groups excluding carboxylic acids is 1. The molecule has 78 valence electrons. The van der Waals surface area contributed by atoms with Gasteiger partial charge in [-0.25, -0.2) is 0 Å². The third kappa shape index (κ3) is 3.43. The van der Waals surface area contributed by atoms with Gasteiger partial charge in [0.25, 0.3) is 0 Å². The van der Waals surface area contributed by atoms with Gasteiger partial charge in [-0.1, -0.05) is 18.2 Å². The minimum absolute atomic E-state index is 0.509. The van der Waals surface area contributed by atoms with Gasteiger partial charge >= 0.3 is 5.91 Å². The summed E-state index contributed by atoms with van der Waals surface area (Å²) in [6, 6.07) is 7.74. The monoisotopic (exact) mass is 202 g/mol. The average molecular weight is 202 g/mol. The highest BCUT2D eigenvalue weighted by atomic mass is 16.1. The topological polar surface area (TPSA) is 52.9 Å². The van der Waals surface area contributed by atoms with Crippen LogP contribution >= 0.6 is 0 Å². The van der Waals surface area contributed by atoms with Crippen molar-refractivity contribution in [3.8, 4) is 6.07 Å². The van der Waals surface area contributed by atoms with Gasteiger partial charge in [0.2, 0.25) is 0 Å². The number of amides is 1. The minimum atomic E-state index is -0.571. The first-order valence-electron chi connectivity index (χ1n) is 4.87. The zero-order valence-electron chi connectivity index (χ0n) is 9.00. The molecule has 0 saturated heterocycles. The molecule has 1 aromatic rings. The maximum absolute atomic E-state index is 10.7. The van der Waals surface area contributed by atoms with E-state index in [4.69, 9.17) is 5.26 Å². The predicted octanol–water partition coefficient (Wildman–Crippen LogP) is 1.49. The van der Waals surface area contributed by atoms with Gasteiger partial charge in [-0.3, -0.25) is 4.79 Å². The Morgan fingerprint density at radius 3 is 2.73 bits per heavy atom. The first-order chi connectivity index (χ1) is 7.13. The SMILES string of the molecule is Cc1ccc(CCNC(=O)C#N)cc1C.